The Morgan fingerprint density at radius 3 is 2.81 bits per heavy atom. The van der Waals surface area contributed by atoms with Crippen molar-refractivity contribution in [2.45, 2.75) is 26.8 Å². The molecule has 2 rings (SSSR count). The van der Waals surface area contributed by atoms with Crippen LogP contribution >= 0.6 is 11.6 Å². The van der Waals surface area contributed by atoms with E-state index in [1.54, 1.807) is 0 Å². The molecule has 0 spiro atoms. The van der Waals surface area contributed by atoms with E-state index in [0.717, 1.165) is 24.4 Å². The van der Waals surface area contributed by atoms with E-state index in [0.29, 0.717) is 11.6 Å². The lowest BCUT2D eigenvalue weighted by molar-refractivity contribution is 0.0952. The van der Waals surface area contributed by atoms with Gasteiger partial charge in [0.2, 0.25) is 0 Å². The Morgan fingerprint density at radius 1 is 1.38 bits per heavy atom. The minimum atomic E-state index is -0.288. The molecule has 2 aromatic rings. The molecular formula is C15H18ClN3O2. The first kappa shape index (κ1) is 15.4. The zero-order chi connectivity index (χ0) is 15.4. The normalized spacial score (nSPS) is 10.6. The second-order valence-electron chi connectivity index (χ2n) is 4.92. The molecule has 0 saturated carbocycles. The summed E-state index contributed by atoms with van der Waals surface area (Å²) in [5.74, 6) is -0.267. The lowest BCUT2D eigenvalue weighted by Gasteiger charge is -2.08. The Bertz CT molecular complexity index is 652. The van der Waals surface area contributed by atoms with Crippen molar-refractivity contribution >= 4 is 17.5 Å². The van der Waals surface area contributed by atoms with Crippen molar-refractivity contribution in [3.63, 3.8) is 0 Å². The Balaban J connectivity index is 1.84. The van der Waals surface area contributed by atoms with Gasteiger partial charge in [0.25, 0.3) is 5.91 Å². The maximum absolute atomic E-state index is 12.0. The van der Waals surface area contributed by atoms with E-state index in [1.165, 1.54) is 18.2 Å². The summed E-state index contributed by atoms with van der Waals surface area (Å²) in [5.41, 5.74) is 2.38. The van der Waals surface area contributed by atoms with E-state index in [9.17, 15) is 9.90 Å². The molecule has 1 heterocycles. The largest absolute Gasteiger partial charge is 0.508 e. The molecule has 6 heteroatoms. The Hall–Kier alpha value is -2.01. The van der Waals surface area contributed by atoms with Crippen molar-refractivity contribution in [1.82, 2.24) is 15.1 Å². The van der Waals surface area contributed by atoms with E-state index in [-0.39, 0.29) is 17.2 Å². The number of phenols is 1. The zero-order valence-corrected chi connectivity index (χ0v) is 12.8. The highest BCUT2D eigenvalue weighted by atomic mass is 35.5. The molecule has 112 valence electrons. The Labute approximate surface area is 128 Å². The summed E-state index contributed by atoms with van der Waals surface area (Å²) < 4.78 is 1.92. The monoisotopic (exact) mass is 307 g/mol. The summed E-state index contributed by atoms with van der Waals surface area (Å²) >= 11 is 5.94. The van der Waals surface area contributed by atoms with Crippen LogP contribution in [0.5, 0.6) is 5.75 Å². The van der Waals surface area contributed by atoms with Gasteiger partial charge >= 0.3 is 0 Å². The number of carbonyl (C=O) groups is 1. The summed E-state index contributed by atoms with van der Waals surface area (Å²) in [5, 5.41) is 16.9. The van der Waals surface area contributed by atoms with Crippen LogP contribution in [0.25, 0.3) is 0 Å². The number of nitrogens with one attached hydrogen (secondary N) is 1. The van der Waals surface area contributed by atoms with Gasteiger partial charge in [0, 0.05) is 18.8 Å². The standard InChI is InChI=1S/C15H18ClN3O2/c1-10-8-11(2)19(18-10)7-3-6-17-15(21)13-9-12(20)4-5-14(13)16/h4-5,8-9,20H,3,6-7H2,1-2H3,(H,17,21). The lowest BCUT2D eigenvalue weighted by atomic mass is 10.2. The minimum absolute atomic E-state index is 0.0205. The van der Waals surface area contributed by atoms with Crippen molar-refractivity contribution in [3.05, 3.63) is 46.2 Å². The van der Waals surface area contributed by atoms with Gasteiger partial charge in [-0.2, -0.15) is 5.10 Å². The van der Waals surface area contributed by atoms with Crippen LogP contribution in [0.1, 0.15) is 28.2 Å². The highest BCUT2D eigenvalue weighted by molar-refractivity contribution is 6.33. The molecule has 0 unspecified atom stereocenters. The van der Waals surface area contributed by atoms with Gasteiger partial charge < -0.3 is 10.4 Å². The van der Waals surface area contributed by atoms with Crippen LogP contribution in [-0.4, -0.2) is 27.3 Å². The summed E-state index contributed by atoms with van der Waals surface area (Å²) in [4.78, 5) is 12.0. The van der Waals surface area contributed by atoms with Gasteiger partial charge in [0.05, 0.1) is 16.3 Å². The van der Waals surface area contributed by atoms with E-state index >= 15 is 0 Å². The molecule has 0 fully saturated rings. The molecule has 1 amide bonds. The van der Waals surface area contributed by atoms with Crippen LogP contribution in [-0.2, 0) is 6.54 Å². The summed E-state index contributed by atoms with van der Waals surface area (Å²) in [6.07, 6.45) is 0.768. The minimum Gasteiger partial charge on any atom is -0.508 e. The van der Waals surface area contributed by atoms with Gasteiger partial charge in [0.15, 0.2) is 0 Å². The van der Waals surface area contributed by atoms with Crippen LogP contribution in [0.3, 0.4) is 0 Å². The highest BCUT2D eigenvalue weighted by Gasteiger charge is 2.10. The molecule has 0 bridgehead atoms. The predicted molar refractivity (Wildman–Crippen MR) is 81.8 cm³/mol. The average Bonchev–Trinajstić information content (AvgIpc) is 2.75. The van der Waals surface area contributed by atoms with Crippen LogP contribution in [0, 0.1) is 13.8 Å². The summed E-state index contributed by atoms with van der Waals surface area (Å²) in [7, 11) is 0. The van der Waals surface area contributed by atoms with E-state index < -0.39 is 0 Å². The predicted octanol–water partition coefficient (Wildman–Crippen LogP) is 2.68. The molecule has 21 heavy (non-hydrogen) atoms. The molecule has 0 atom stereocenters. The van der Waals surface area contributed by atoms with Crippen molar-refractivity contribution in [2.24, 2.45) is 0 Å². The third-order valence-electron chi connectivity index (χ3n) is 3.13. The van der Waals surface area contributed by atoms with Crippen LogP contribution in [0.15, 0.2) is 24.3 Å². The Kier molecular flexibility index (Phi) is 4.85. The second-order valence-corrected chi connectivity index (χ2v) is 5.33. The van der Waals surface area contributed by atoms with E-state index in [2.05, 4.69) is 10.4 Å². The lowest BCUT2D eigenvalue weighted by Crippen LogP contribution is -2.25. The molecule has 0 aliphatic rings. The number of hydrogen-bond donors (Lipinski definition) is 2. The summed E-state index contributed by atoms with van der Waals surface area (Å²) in [6.45, 7) is 5.22. The number of nitrogens with zero attached hydrogens (tertiary/aromatic N) is 2. The van der Waals surface area contributed by atoms with Gasteiger partial charge in [-0.05, 0) is 44.5 Å². The highest BCUT2D eigenvalue weighted by Crippen LogP contribution is 2.20. The number of aryl methyl sites for hydroxylation is 3. The average molecular weight is 308 g/mol. The zero-order valence-electron chi connectivity index (χ0n) is 12.1. The fraction of sp³-hybridized carbons (Fsp3) is 0.333. The fourth-order valence-corrected chi connectivity index (χ4v) is 2.32. The Morgan fingerprint density at radius 2 is 2.14 bits per heavy atom. The number of rotatable bonds is 5. The molecule has 5 nitrogen and oxygen atoms in total. The maximum Gasteiger partial charge on any atom is 0.252 e. The van der Waals surface area contributed by atoms with Gasteiger partial charge in [-0.25, -0.2) is 0 Å². The van der Waals surface area contributed by atoms with Crippen molar-refractivity contribution in [3.8, 4) is 5.75 Å². The molecule has 0 aliphatic heterocycles. The number of benzene rings is 1. The smallest absolute Gasteiger partial charge is 0.252 e. The molecule has 0 saturated heterocycles. The number of carbonyl (C=O) groups excluding carboxylic acids is 1. The summed E-state index contributed by atoms with van der Waals surface area (Å²) in [6, 6.07) is 6.33. The van der Waals surface area contributed by atoms with Crippen LogP contribution in [0.2, 0.25) is 5.02 Å². The number of phenolic OH excluding ortho intramolecular Hbond substituents is 1. The van der Waals surface area contributed by atoms with E-state index in [1.807, 2.05) is 24.6 Å². The maximum atomic E-state index is 12.0. The van der Waals surface area contributed by atoms with Gasteiger partial charge in [-0.15, -0.1) is 0 Å². The third-order valence-corrected chi connectivity index (χ3v) is 3.46. The topological polar surface area (TPSA) is 67.2 Å². The van der Waals surface area contributed by atoms with Crippen LogP contribution < -0.4 is 5.32 Å². The van der Waals surface area contributed by atoms with Crippen molar-refractivity contribution < 1.29 is 9.90 Å². The SMILES string of the molecule is Cc1cc(C)n(CCCNC(=O)c2cc(O)ccc2Cl)n1. The molecule has 1 aromatic carbocycles. The van der Waals surface area contributed by atoms with Gasteiger partial charge in [0.1, 0.15) is 5.75 Å². The first-order valence-electron chi connectivity index (χ1n) is 6.75. The van der Waals surface area contributed by atoms with Gasteiger partial charge in [-0.1, -0.05) is 11.6 Å². The first-order valence-corrected chi connectivity index (χ1v) is 7.13. The fourth-order valence-electron chi connectivity index (χ4n) is 2.11. The number of amides is 1. The van der Waals surface area contributed by atoms with Gasteiger partial charge in [-0.3, -0.25) is 9.48 Å². The molecule has 0 aliphatic carbocycles. The molecular weight excluding hydrogens is 290 g/mol. The quantitative estimate of drug-likeness (QED) is 0.835. The number of halogens is 1. The number of hydrogen-bond acceptors (Lipinski definition) is 3. The second kappa shape index (κ2) is 6.63. The number of aromatic hydroxyl groups is 1. The van der Waals surface area contributed by atoms with E-state index in [4.69, 9.17) is 11.6 Å². The van der Waals surface area contributed by atoms with Crippen molar-refractivity contribution in [1.29, 1.82) is 0 Å². The third kappa shape index (κ3) is 3.98. The first-order chi connectivity index (χ1) is 9.97. The number of aromatic nitrogens is 2. The molecule has 2 N–H and O–H groups in total. The molecule has 0 radical (unpaired) electrons. The van der Waals surface area contributed by atoms with Crippen molar-refractivity contribution in [2.75, 3.05) is 6.54 Å². The van der Waals surface area contributed by atoms with Crippen LogP contribution in [0.4, 0.5) is 0 Å². The molecule has 1 aromatic heterocycles.